The molecule has 0 aromatic heterocycles. The van der Waals surface area contributed by atoms with Gasteiger partial charge in [0.15, 0.2) is 6.10 Å². The van der Waals surface area contributed by atoms with Gasteiger partial charge in [-0.15, -0.1) is 0 Å². The summed E-state index contributed by atoms with van der Waals surface area (Å²) in [6.45, 7) is 6.37. The Kier molecular flexibility index (Phi) is 46.0. The van der Waals surface area contributed by atoms with Gasteiger partial charge in [-0.1, -0.05) is 182 Å². The fourth-order valence-corrected chi connectivity index (χ4v) is 6.31. The highest BCUT2D eigenvalue weighted by atomic mass is 16.6. The number of allylic oxidation sites excluding steroid dienone is 16. The van der Waals surface area contributed by atoms with Crippen molar-refractivity contribution in [3.05, 3.63) is 97.2 Å². The van der Waals surface area contributed by atoms with Gasteiger partial charge in [-0.3, -0.25) is 14.4 Å². The lowest BCUT2D eigenvalue weighted by Crippen LogP contribution is -2.30. The third-order valence-corrected chi connectivity index (χ3v) is 10.0. The van der Waals surface area contributed by atoms with Gasteiger partial charge in [0.2, 0.25) is 0 Å². The summed E-state index contributed by atoms with van der Waals surface area (Å²) >= 11 is 0. The number of ether oxygens (including phenoxy) is 3. The molecule has 1 unspecified atom stereocenters. The Balaban J connectivity index is 4.52. The van der Waals surface area contributed by atoms with Gasteiger partial charge in [-0.25, -0.2) is 0 Å². The Bertz CT molecular complexity index is 1250. The summed E-state index contributed by atoms with van der Waals surface area (Å²) < 4.78 is 16.7. The first-order valence-electron chi connectivity index (χ1n) is 24.7. The van der Waals surface area contributed by atoms with Gasteiger partial charge in [0.05, 0.1) is 0 Å². The molecule has 0 aliphatic heterocycles. The van der Waals surface area contributed by atoms with Crippen LogP contribution in [0.25, 0.3) is 0 Å². The summed E-state index contributed by atoms with van der Waals surface area (Å²) in [7, 11) is 0. The number of hydrogen-bond acceptors (Lipinski definition) is 6. The summed E-state index contributed by atoms with van der Waals surface area (Å²) in [6.07, 6.45) is 63.9. The predicted molar refractivity (Wildman–Crippen MR) is 260 cm³/mol. The van der Waals surface area contributed by atoms with Gasteiger partial charge in [-0.2, -0.15) is 0 Å². The average molecular weight is 847 g/mol. The van der Waals surface area contributed by atoms with Crippen LogP contribution < -0.4 is 0 Å². The van der Waals surface area contributed by atoms with E-state index in [9.17, 15) is 14.4 Å². The fourth-order valence-electron chi connectivity index (χ4n) is 6.31. The molecule has 0 spiro atoms. The van der Waals surface area contributed by atoms with Gasteiger partial charge in [-0.05, 0) is 109 Å². The van der Waals surface area contributed by atoms with Crippen LogP contribution in [0.3, 0.4) is 0 Å². The Labute approximate surface area is 375 Å². The maximum atomic E-state index is 12.8. The SMILES string of the molecule is CC/C=C\C/C=C\C/C=C\C/C=C\C/C=C\CCCC(=O)OCC(COC(=O)CCCCCCC/C=C\CCCCC)OC(=O)CCCCCCC/C=C\C/C=C\CCCC. The molecule has 0 aliphatic rings. The molecule has 0 heterocycles. The first-order valence-corrected chi connectivity index (χ1v) is 24.7. The van der Waals surface area contributed by atoms with E-state index in [4.69, 9.17) is 14.2 Å². The molecule has 0 rings (SSSR count). The third-order valence-electron chi connectivity index (χ3n) is 10.0. The molecule has 0 aliphatic carbocycles. The quantitative estimate of drug-likeness (QED) is 0.0263. The number of rotatable bonds is 43. The molecule has 0 amide bonds. The Morgan fingerprint density at radius 3 is 1.13 bits per heavy atom. The van der Waals surface area contributed by atoms with Crippen LogP contribution in [0.4, 0.5) is 0 Å². The highest BCUT2D eigenvalue weighted by molar-refractivity contribution is 5.71. The molecule has 1 atom stereocenters. The number of hydrogen-bond donors (Lipinski definition) is 0. The minimum absolute atomic E-state index is 0.107. The van der Waals surface area contributed by atoms with Crippen molar-refractivity contribution in [2.45, 2.75) is 219 Å². The molecule has 0 fully saturated rings. The first-order chi connectivity index (χ1) is 30.0. The number of carbonyl (C=O) groups excluding carboxylic acids is 3. The van der Waals surface area contributed by atoms with Crippen molar-refractivity contribution in [3.63, 3.8) is 0 Å². The lowest BCUT2D eigenvalue weighted by molar-refractivity contribution is -0.167. The van der Waals surface area contributed by atoms with Crippen LogP contribution in [0.2, 0.25) is 0 Å². The van der Waals surface area contributed by atoms with Crippen LogP contribution in [0.5, 0.6) is 0 Å². The number of unbranched alkanes of at least 4 members (excludes halogenated alkanes) is 16. The van der Waals surface area contributed by atoms with Crippen molar-refractivity contribution in [2.75, 3.05) is 13.2 Å². The van der Waals surface area contributed by atoms with Crippen molar-refractivity contribution >= 4 is 17.9 Å². The second-order valence-corrected chi connectivity index (χ2v) is 16.0. The zero-order valence-electron chi connectivity index (χ0n) is 39.4. The Hall–Kier alpha value is -3.67. The van der Waals surface area contributed by atoms with Crippen molar-refractivity contribution in [1.29, 1.82) is 0 Å². The molecule has 0 saturated carbocycles. The topological polar surface area (TPSA) is 78.9 Å². The van der Waals surface area contributed by atoms with E-state index in [0.717, 1.165) is 116 Å². The molecule has 0 N–H and O–H groups in total. The zero-order chi connectivity index (χ0) is 44.4. The number of carbonyl (C=O) groups is 3. The van der Waals surface area contributed by atoms with Crippen molar-refractivity contribution in [1.82, 2.24) is 0 Å². The van der Waals surface area contributed by atoms with Crippen LogP contribution in [0.15, 0.2) is 97.2 Å². The van der Waals surface area contributed by atoms with Gasteiger partial charge in [0, 0.05) is 19.3 Å². The van der Waals surface area contributed by atoms with Crippen molar-refractivity contribution in [3.8, 4) is 0 Å². The van der Waals surface area contributed by atoms with Gasteiger partial charge < -0.3 is 14.2 Å². The molecule has 346 valence electrons. The van der Waals surface area contributed by atoms with Crippen molar-refractivity contribution in [2.24, 2.45) is 0 Å². The van der Waals surface area contributed by atoms with Gasteiger partial charge in [0.25, 0.3) is 0 Å². The van der Waals surface area contributed by atoms with Gasteiger partial charge >= 0.3 is 17.9 Å². The van der Waals surface area contributed by atoms with Gasteiger partial charge in [0.1, 0.15) is 13.2 Å². The van der Waals surface area contributed by atoms with E-state index in [-0.39, 0.29) is 37.5 Å². The van der Waals surface area contributed by atoms with Crippen LogP contribution >= 0.6 is 0 Å². The average Bonchev–Trinajstić information content (AvgIpc) is 3.26. The maximum absolute atomic E-state index is 12.8. The molecule has 0 radical (unpaired) electrons. The maximum Gasteiger partial charge on any atom is 0.306 e. The van der Waals surface area contributed by atoms with E-state index in [1.54, 1.807) is 0 Å². The van der Waals surface area contributed by atoms with Crippen LogP contribution in [-0.2, 0) is 28.6 Å². The molecule has 0 saturated heterocycles. The van der Waals surface area contributed by atoms with E-state index in [0.29, 0.717) is 19.3 Å². The fraction of sp³-hybridized carbons (Fsp3) is 0.655. The molecule has 6 nitrogen and oxygen atoms in total. The molecule has 0 bridgehead atoms. The molecule has 6 heteroatoms. The van der Waals surface area contributed by atoms with Crippen LogP contribution in [0.1, 0.15) is 213 Å². The molecule has 0 aromatic rings. The zero-order valence-corrected chi connectivity index (χ0v) is 39.4. The van der Waals surface area contributed by atoms with Crippen LogP contribution in [0, 0.1) is 0 Å². The lowest BCUT2D eigenvalue weighted by atomic mass is 10.1. The minimum atomic E-state index is -0.810. The molecule has 0 aromatic carbocycles. The minimum Gasteiger partial charge on any atom is -0.462 e. The number of esters is 3. The summed E-state index contributed by atoms with van der Waals surface area (Å²) in [5.41, 5.74) is 0. The molecular weight excluding hydrogens is 757 g/mol. The highest BCUT2D eigenvalue weighted by Gasteiger charge is 2.19. The van der Waals surface area contributed by atoms with E-state index in [1.807, 2.05) is 0 Å². The lowest BCUT2D eigenvalue weighted by Gasteiger charge is -2.18. The largest absolute Gasteiger partial charge is 0.462 e. The second-order valence-electron chi connectivity index (χ2n) is 16.0. The Morgan fingerprint density at radius 1 is 0.344 bits per heavy atom. The summed E-state index contributed by atoms with van der Waals surface area (Å²) in [6, 6.07) is 0. The third kappa shape index (κ3) is 47.2. The Morgan fingerprint density at radius 2 is 0.672 bits per heavy atom. The van der Waals surface area contributed by atoms with E-state index < -0.39 is 6.10 Å². The highest BCUT2D eigenvalue weighted by Crippen LogP contribution is 2.12. The molecule has 61 heavy (non-hydrogen) atoms. The summed E-state index contributed by atoms with van der Waals surface area (Å²) in [4.78, 5) is 37.9. The first kappa shape index (κ1) is 57.3. The smallest absolute Gasteiger partial charge is 0.306 e. The van der Waals surface area contributed by atoms with E-state index in [2.05, 4.69) is 118 Å². The monoisotopic (exact) mass is 847 g/mol. The second kappa shape index (κ2) is 49.0. The van der Waals surface area contributed by atoms with Crippen molar-refractivity contribution < 1.29 is 28.6 Å². The normalized spacial score (nSPS) is 12.9. The predicted octanol–water partition coefficient (Wildman–Crippen LogP) is 16.2. The van der Waals surface area contributed by atoms with E-state index >= 15 is 0 Å². The van der Waals surface area contributed by atoms with Crippen LogP contribution in [-0.4, -0.2) is 37.2 Å². The van der Waals surface area contributed by atoms with E-state index in [1.165, 1.54) is 51.4 Å². The molecular formula is C55H90O6. The standard InChI is InChI=1S/C55H90O6/c1-4-7-10-13-16-19-22-25-27-28-29-31-33-36-39-42-45-48-54(57)60-51-52(50-59-53(56)47-44-41-38-35-32-24-21-18-15-12-9-6-3)61-55(58)49-46-43-40-37-34-30-26-23-20-17-14-11-8-5-2/h7,10,14,16-19,21,23,25-27,29,31,36,39,52H,4-6,8-9,11-13,15,20,22,24,28,30,32-35,37-38,40-51H2,1-3H3/b10-7-,17-14-,19-16-,21-18-,26-23-,27-25-,31-29-,39-36-. The summed E-state index contributed by atoms with van der Waals surface area (Å²) in [5.74, 6) is -0.996. The summed E-state index contributed by atoms with van der Waals surface area (Å²) in [5, 5.41) is 0.